The van der Waals surface area contributed by atoms with Gasteiger partial charge in [0.15, 0.2) is 0 Å². The molecule has 0 fully saturated rings. The third-order valence-corrected chi connectivity index (χ3v) is 5.90. The van der Waals surface area contributed by atoms with Crippen LogP contribution in [-0.2, 0) is 0 Å². The number of fused-ring (bicyclic) bond motifs is 1. The van der Waals surface area contributed by atoms with E-state index >= 15 is 0 Å². The number of anilines is 2. The van der Waals surface area contributed by atoms with Crippen LogP contribution < -0.4 is 10.6 Å². The second-order valence-corrected chi connectivity index (χ2v) is 8.99. The Morgan fingerprint density at radius 1 is 1.21 bits per heavy atom. The van der Waals surface area contributed by atoms with E-state index < -0.39 is 0 Å². The van der Waals surface area contributed by atoms with Gasteiger partial charge in [0.1, 0.15) is 6.07 Å². The van der Waals surface area contributed by atoms with Gasteiger partial charge in [0, 0.05) is 16.3 Å². The van der Waals surface area contributed by atoms with Gasteiger partial charge in [-0.15, -0.1) is 0 Å². The van der Waals surface area contributed by atoms with Crippen molar-refractivity contribution >= 4 is 23.0 Å². The van der Waals surface area contributed by atoms with Crippen molar-refractivity contribution < 1.29 is 0 Å². The molecular formula is C24H24ClN3. The van der Waals surface area contributed by atoms with Crippen molar-refractivity contribution in [1.82, 2.24) is 0 Å². The minimum Gasteiger partial charge on any atom is -0.371 e. The Bertz CT molecular complexity index is 1060. The molecule has 4 rings (SSSR count). The van der Waals surface area contributed by atoms with Gasteiger partial charge in [-0.1, -0.05) is 50.2 Å². The van der Waals surface area contributed by atoms with Gasteiger partial charge < -0.3 is 10.6 Å². The summed E-state index contributed by atoms with van der Waals surface area (Å²) in [5, 5.41) is 17.6. The Morgan fingerprint density at radius 2 is 2.00 bits per heavy atom. The van der Waals surface area contributed by atoms with Gasteiger partial charge in [-0.05, 0) is 60.1 Å². The number of benzene rings is 2. The Kier molecular flexibility index (Phi) is 4.48. The molecule has 0 bridgehead atoms. The predicted molar refractivity (Wildman–Crippen MR) is 117 cm³/mol. The molecule has 2 N–H and O–H groups in total. The summed E-state index contributed by atoms with van der Waals surface area (Å²) in [5.74, 6) is 0. The summed E-state index contributed by atoms with van der Waals surface area (Å²) >= 11 is 6.67. The van der Waals surface area contributed by atoms with E-state index in [0.717, 1.165) is 57.2 Å². The number of hydrogen-bond acceptors (Lipinski definition) is 3. The third kappa shape index (κ3) is 3.19. The molecule has 1 unspecified atom stereocenters. The summed E-state index contributed by atoms with van der Waals surface area (Å²) in [7, 11) is 0. The van der Waals surface area contributed by atoms with Gasteiger partial charge >= 0.3 is 0 Å². The van der Waals surface area contributed by atoms with Gasteiger partial charge in [0.2, 0.25) is 0 Å². The van der Waals surface area contributed by atoms with Crippen molar-refractivity contribution in [1.29, 1.82) is 5.26 Å². The molecule has 0 spiro atoms. The van der Waals surface area contributed by atoms with Crippen LogP contribution in [0.25, 0.3) is 0 Å². The normalized spacial score (nSPS) is 20.2. The van der Waals surface area contributed by atoms with Gasteiger partial charge in [-0.3, -0.25) is 0 Å². The van der Waals surface area contributed by atoms with E-state index in [-0.39, 0.29) is 11.5 Å². The number of aryl methyl sites for hydroxylation is 1. The Morgan fingerprint density at radius 3 is 2.71 bits per heavy atom. The van der Waals surface area contributed by atoms with Gasteiger partial charge in [0.05, 0.1) is 23.0 Å². The molecule has 0 amide bonds. The van der Waals surface area contributed by atoms with Crippen molar-refractivity contribution in [2.45, 2.75) is 39.7 Å². The summed E-state index contributed by atoms with van der Waals surface area (Å²) in [6.07, 6.45) is 1.84. The summed E-state index contributed by atoms with van der Waals surface area (Å²) < 4.78 is 0. The fourth-order valence-electron chi connectivity index (χ4n) is 4.40. The molecule has 0 aromatic heterocycles. The largest absolute Gasteiger partial charge is 0.371 e. The van der Waals surface area contributed by atoms with Crippen LogP contribution in [0.4, 0.5) is 11.4 Å². The molecule has 1 aliphatic carbocycles. The first-order chi connectivity index (χ1) is 13.3. The molecule has 142 valence electrons. The smallest absolute Gasteiger partial charge is 0.101 e. The molecule has 0 radical (unpaired) electrons. The number of rotatable bonds is 1. The lowest BCUT2D eigenvalue weighted by atomic mass is 9.72. The first kappa shape index (κ1) is 18.7. The topological polar surface area (TPSA) is 47.9 Å². The van der Waals surface area contributed by atoms with E-state index in [0.29, 0.717) is 5.56 Å². The molecule has 3 nitrogen and oxygen atoms in total. The zero-order valence-corrected chi connectivity index (χ0v) is 17.2. The minimum absolute atomic E-state index is 0.127. The van der Waals surface area contributed by atoms with Crippen molar-refractivity contribution in [2.75, 3.05) is 10.6 Å². The lowest BCUT2D eigenvalue weighted by Gasteiger charge is -2.37. The highest BCUT2D eigenvalue weighted by atomic mass is 35.5. The molecule has 2 aromatic carbocycles. The maximum atomic E-state index is 9.65. The average Bonchev–Trinajstić information content (AvgIpc) is 2.76. The summed E-state index contributed by atoms with van der Waals surface area (Å²) in [6, 6.07) is 14.1. The van der Waals surface area contributed by atoms with Crippen molar-refractivity contribution in [3.05, 3.63) is 81.5 Å². The van der Waals surface area contributed by atoms with Gasteiger partial charge in [0.25, 0.3) is 0 Å². The van der Waals surface area contributed by atoms with Crippen LogP contribution in [0.3, 0.4) is 0 Å². The number of nitrogens with zero attached hydrogens (tertiary/aromatic N) is 1. The van der Waals surface area contributed by atoms with Crippen LogP contribution >= 0.6 is 11.6 Å². The lowest BCUT2D eigenvalue weighted by molar-refractivity contribution is 0.346. The number of nitrogens with one attached hydrogen (secondary N) is 2. The number of para-hydroxylation sites is 1. The van der Waals surface area contributed by atoms with E-state index in [9.17, 15) is 5.26 Å². The Labute approximate surface area is 171 Å². The monoisotopic (exact) mass is 389 g/mol. The van der Waals surface area contributed by atoms with Crippen LogP contribution in [-0.4, -0.2) is 0 Å². The average molecular weight is 390 g/mol. The second-order valence-electron chi connectivity index (χ2n) is 8.58. The first-order valence-electron chi connectivity index (χ1n) is 9.53. The Hall–Kier alpha value is -2.70. The van der Waals surface area contributed by atoms with Crippen LogP contribution in [0.5, 0.6) is 0 Å². The molecule has 0 saturated heterocycles. The number of nitriles is 1. The van der Waals surface area contributed by atoms with Crippen molar-refractivity contribution in [3.8, 4) is 6.07 Å². The van der Waals surface area contributed by atoms with Crippen molar-refractivity contribution in [2.24, 2.45) is 5.41 Å². The molecular weight excluding hydrogens is 366 g/mol. The lowest BCUT2D eigenvalue weighted by Crippen LogP contribution is -2.26. The summed E-state index contributed by atoms with van der Waals surface area (Å²) in [5.41, 5.74) is 8.02. The molecule has 1 heterocycles. The fourth-order valence-corrected chi connectivity index (χ4v) is 4.74. The SMILES string of the molecule is C=C1CC(C)(C)CC2=C1C(c1ccc(C)cc1Cl)Nc1c(C#N)cccc1N2. The molecule has 1 aliphatic heterocycles. The van der Waals surface area contributed by atoms with Crippen LogP contribution in [0.2, 0.25) is 5.02 Å². The second kappa shape index (κ2) is 6.72. The van der Waals surface area contributed by atoms with Crippen molar-refractivity contribution in [3.63, 3.8) is 0 Å². The Balaban J connectivity index is 1.95. The van der Waals surface area contributed by atoms with E-state index in [2.05, 4.69) is 49.3 Å². The quantitative estimate of drug-likeness (QED) is 0.568. The molecule has 0 saturated carbocycles. The summed E-state index contributed by atoms with van der Waals surface area (Å²) in [6.45, 7) is 11.0. The van der Waals surface area contributed by atoms with Gasteiger partial charge in [-0.25, -0.2) is 0 Å². The zero-order chi connectivity index (χ0) is 20.1. The summed E-state index contributed by atoms with van der Waals surface area (Å²) in [4.78, 5) is 0. The van der Waals surface area contributed by atoms with Crippen LogP contribution in [0, 0.1) is 23.7 Å². The van der Waals surface area contributed by atoms with E-state index in [1.807, 2.05) is 31.2 Å². The fraction of sp³-hybridized carbons (Fsp3) is 0.292. The standard InChI is InChI=1S/C24H24ClN3/c1-14-8-9-17(18(25)10-14)23-21-15(2)11-24(3,4)12-20(21)27-19-7-5-6-16(13-26)22(19)28-23/h5-10,23,27-28H,2,11-12H2,1,3-4H3. The molecule has 1 atom stereocenters. The highest BCUT2D eigenvalue weighted by Crippen LogP contribution is 2.50. The van der Waals surface area contributed by atoms with Crippen LogP contribution in [0.15, 0.2) is 59.8 Å². The first-order valence-corrected chi connectivity index (χ1v) is 9.91. The highest BCUT2D eigenvalue weighted by molar-refractivity contribution is 6.31. The molecule has 2 aliphatic rings. The molecule has 4 heteroatoms. The van der Waals surface area contributed by atoms with E-state index in [1.165, 1.54) is 0 Å². The number of halogens is 1. The maximum Gasteiger partial charge on any atom is 0.101 e. The number of allylic oxidation sites excluding steroid dienone is 1. The molecule has 2 aromatic rings. The van der Waals surface area contributed by atoms with E-state index in [4.69, 9.17) is 11.6 Å². The third-order valence-electron chi connectivity index (χ3n) is 5.57. The maximum absolute atomic E-state index is 9.65. The zero-order valence-electron chi connectivity index (χ0n) is 16.5. The van der Waals surface area contributed by atoms with Crippen LogP contribution in [0.1, 0.15) is 49.4 Å². The number of hydrogen-bond donors (Lipinski definition) is 2. The van der Waals surface area contributed by atoms with Gasteiger partial charge in [-0.2, -0.15) is 5.26 Å². The molecule has 28 heavy (non-hydrogen) atoms. The van der Waals surface area contributed by atoms with E-state index in [1.54, 1.807) is 0 Å². The predicted octanol–water partition coefficient (Wildman–Crippen LogP) is 6.73. The highest BCUT2D eigenvalue weighted by Gasteiger charge is 2.36. The minimum atomic E-state index is -0.157.